The molecule has 0 atom stereocenters. The van der Waals surface area contributed by atoms with Crippen LogP contribution in [-0.4, -0.2) is 27.3 Å². The molecule has 0 fully saturated rings. The van der Waals surface area contributed by atoms with Crippen molar-refractivity contribution in [2.45, 2.75) is 0 Å². The summed E-state index contributed by atoms with van der Waals surface area (Å²) in [4.78, 5) is 0. The Balaban J connectivity index is 0. The van der Waals surface area contributed by atoms with Gasteiger partial charge < -0.3 is 0 Å². The zero-order valence-electron chi connectivity index (χ0n) is 2.19. The zero-order valence-corrected chi connectivity index (χ0v) is 15.0. The fourth-order valence-electron chi connectivity index (χ4n) is 0. The smallest absolute Gasteiger partial charge is 0 e. The minimum absolute atomic E-state index is 0. The Bertz CT molecular complexity index is 7.61. The predicted octanol–water partition coefficient (Wildman–Crippen LogP) is -0.926. The first-order valence-corrected chi connectivity index (χ1v) is 0. The molecule has 0 aliphatic carbocycles. The van der Waals surface area contributed by atoms with E-state index in [0.717, 1.165) is 0 Å². The first-order chi connectivity index (χ1) is 0. The molecular weight excluding hydrogens is 605 g/mol. The summed E-state index contributed by atoms with van der Waals surface area (Å²) in [5, 5.41) is 0. The molecule has 0 spiro atoms. The molecule has 0 N–H and O–H groups in total. The van der Waals surface area contributed by atoms with Gasteiger partial charge in [-0.15, -0.1) is 0 Å². The van der Waals surface area contributed by atoms with Crippen LogP contribution in [0.4, 0.5) is 0 Å². The molecule has 0 aliphatic rings. The predicted molar refractivity (Wildman–Crippen MR) is 8.54 cm³/mol. The quantitative estimate of drug-likeness (QED) is 0.313. The molecule has 0 amide bonds. The minimum Gasteiger partial charge on any atom is 0 e. The van der Waals surface area contributed by atoms with Gasteiger partial charge in [0.1, 0.15) is 0 Å². The van der Waals surface area contributed by atoms with Gasteiger partial charge in [0.2, 0.25) is 0 Å². The normalized spacial score (nSPS) is 0. The summed E-state index contributed by atoms with van der Waals surface area (Å²) in [7, 11) is 0. The van der Waals surface area contributed by atoms with Gasteiger partial charge in [0.05, 0.1) is 0 Å². The molecule has 0 aliphatic heterocycles. The van der Waals surface area contributed by atoms with Crippen molar-refractivity contribution >= 4 is 27.3 Å². The van der Waals surface area contributed by atoms with Crippen molar-refractivity contribution in [1.82, 2.24) is 0 Å². The Hall–Kier alpha value is 3.55. The molecule has 0 saturated heterocycles. The van der Waals surface area contributed by atoms with E-state index in [4.69, 9.17) is 0 Å². The zero-order chi connectivity index (χ0) is 0. The number of hydrogen-bond donors (Lipinski definition) is 0. The van der Waals surface area contributed by atoms with E-state index in [2.05, 4.69) is 0 Å². The van der Waals surface area contributed by atoms with Crippen LogP contribution in [0, 0.1) is 0 Å². The van der Waals surface area contributed by atoms with Crippen molar-refractivity contribution in [3.8, 4) is 0 Å². The summed E-state index contributed by atoms with van der Waals surface area (Å²) in [6, 6.07) is 0. The van der Waals surface area contributed by atoms with Gasteiger partial charge in [-0.1, -0.05) is 0 Å². The summed E-state index contributed by atoms with van der Waals surface area (Å²) in [6.07, 6.45) is 0. The SMILES string of the molecule is [Mo].[Mo].[PbH2].[Rh].[Rh]. The van der Waals surface area contributed by atoms with Gasteiger partial charge >= 0.3 is 27.3 Å². The first kappa shape index (κ1) is 38.7. The van der Waals surface area contributed by atoms with E-state index in [0.29, 0.717) is 0 Å². The van der Waals surface area contributed by atoms with Gasteiger partial charge in [-0.05, 0) is 0 Å². The van der Waals surface area contributed by atoms with E-state index in [1.165, 1.54) is 0 Å². The van der Waals surface area contributed by atoms with Gasteiger partial charge in [-0.25, -0.2) is 0 Å². The molecule has 5 heavy (non-hydrogen) atoms. The summed E-state index contributed by atoms with van der Waals surface area (Å²) >= 11 is 0. The summed E-state index contributed by atoms with van der Waals surface area (Å²) in [5.74, 6) is 0. The van der Waals surface area contributed by atoms with Gasteiger partial charge in [-0.2, -0.15) is 0 Å². The van der Waals surface area contributed by atoms with E-state index >= 15 is 0 Å². The minimum atomic E-state index is 0. The second-order valence-electron chi connectivity index (χ2n) is 0. The Labute approximate surface area is 106 Å². The topological polar surface area (TPSA) is 0 Å². The third-order valence-electron chi connectivity index (χ3n) is 0. The van der Waals surface area contributed by atoms with E-state index in [1.54, 1.807) is 0 Å². The van der Waals surface area contributed by atoms with Crippen LogP contribution in [0.5, 0.6) is 0 Å². The van der Waals surface area contributed by atoms with Gasteiger partial charge in [0, 0.05) is 81.1 Å². The fraction of sp³-hybridized carbons (Fsp3) is 0. The van der Waals surface area contributed by atoms with Gasteiger partial charge in [0.15, 0.2) is 0 Å². The van der Waals surface area contributed by atoms with Crippen LogP contribution in [0.2, 0.25) is 0 Å². The van der Waals surface area contributed by atoms with E-state index in [9.17, 15) is 0 Å². The Morgan fingerprint density at radius 2 is 0.600 bits per heavy atom. The van der Waals surface area contributed by atoms with E-state index in [1.807, 2.05) is 0 Å². The van der Waals surface area contributed by atoms with Crippen LogP contribution in [0.25, 0.3) is 0 Å². The van der Waals surface area contributed by atoms with Crippen LogP contribution in [0.1, 0.15) is 0 Å². The van der Waals surface area contributed by atoms with Crippen molar-refractivity contribution < 1.29 is 81.1 Å². The monoisotopic (exact) mass is 612 g/mol. The van der Waals surface area contributed by atoms with Crippen LogP contribution in [-0.2, 0) is 81.1 Å². The molecule has 0 nitrogen and oxygen atoms in total. The molecule has 0 aromatic heterocycles. The third-order valence-corrected chi connectivity index (χ3v) is 0. The molecule has 0 unspecified atom stereocenters. The second-order valence-corrected chi connectivity index (χ2v) is 0. The summed E-state index contributed by atoms with van der Waals surface area (Å²) < 4.78 is 0. The van der Waals surface area contributed by atoms with Crippen molar-refractivity contribution in [1.29, 1.82) is 0 Å². The maximum absolute atomic E-state index is 0. The molecular formula is H2Mo2PbRh2. The molecule has 0 aromatic carbocycles. The Morgan fingerprint density at radius 1 is 0.600 bits per heavy atom. The first-order valence-electron chi connectivity index (χ1n) is 0. The Morgan fingerprint density at radius 3 is 0.600 bits per heavy atom. The number of rotatable bonds is 0. The molecule has 0 bridgehead atoms. The van der Waals surface area contributed by atoms with E-state index < -0.39 is 0 Å². The number of hydrogen-bond acceptors (Lipinski definition) is 0. The third kappa shape index (κ3) is 18.5. The Kier molecular flexibility index (Phi) is 199. The van der Waals surface area contributed by atoms with Crippen LogP contribution < -0.4 is 0 Å². The van der Waals surface area contributed by atoms with Gasteiger partial charge in [-0.3, -0.25) is 0 Å². The molecule has 0 heterocycles. The molecule has 0 rings (SSSR count). The average Bonchev–Trinajstić information content (AvgIpc) is 0. The van der Waals surface area contributed by atoms with Crippen molar-refractivity contribution in [3.05, 3.63) is 0 Å². The standard InChI is InChI=1S/2Mo.Pb.2Rh.2H. The average molecular weight is 607 g/mol. The van der Waals surface area contributed by atoms with Crippen LogP contribution >= 0.6 is 0 Å². The van der Waals surface area contributed by atoms with Gasteiger partial charge in [0.25, 0.3) is 0 Å². The molecule has 36 valence electrons. The molecule has 5 heteroatoms. The van der Waals surface area contributed by atoms with Crippen molar-refractivity contribution in [2.24, 2.45) is 0 Å². The maximum atomic E-state index is 0. The van der Waals surface area contributed by atoms with Crippen molar-refractivity contribution in [3.63, 3.8) is 0 Å². The van der Waals surface area contributed by atoms with Crippen LogP contribution in [0.3, 0.4) is 0 Å². The van der Waals surface area contributed by atoms with Crippen LogP contribution in [0.15, 0.2) is 0 Å². The molecule has 0 aromatic rings. The molecule has 4 radical (unpaired) electrons. The van der Waals surface area contributed by atoms with E-state index in [-0.39, 0.29) is 108 Å². The largest absolute Gasteiger partial charge is 0 e. The summed E-state index contributed by atoms with van der Waals surface area (Å²) in [6.45, 7) is 0. The van der Waals surface area contributed by atoms with Crippen molar-refractivity contribution in [2.75, 3.05) is 0 Å². The summed E-state index contributed by atoms with van der Waals surface area (Å²) in [5.41, 5.74) is 0. The second kappa shape index (κ2) is 25.7. The molecule has 0 saturated carbocycles. The maximum Gasteiger partial charge on any atom is 0 e. The fourth-order valence-corrected chi connectivity index (χ4v) is 0.